The van der Waals surface area contributed by atoms with Crippen LogP contribution in [0, 0.1) is 0 Å². The standard InChI is InChI=1S/C18H21N7O.2ClH/c26-17(18(5-10-20-11-6-18)25-12-1-7-21-25)22-16-4-13-24(23-16)14-15-2-8-19-9-3-15;;/h1-4,7-9,12-13,20H,5-6,10-11,14H2,(H,22,23,26);2*1H. The van der Waals surface area contributed by atoms with Gasteiger partial charge in [0.2, 0.25) is 0 Å². The fraction of sp³-hybridized carbons (Fsp3) is 0.333. The largest absolute Gasteiger partial charge is 0.317 e. The molecule has 3 aromatic rings. The van der Waals surface area contributed by atoms with Gasteiger partial charge in [-0.05, 0) is 49.7 Å². The molecule has 1 fully saturated rings. The average Bonchev–Trinajstić information content (AvgIpc) is 3.36. The number of aromatic nitrogens is 5. The molecule has 1 aliphatic heterocycles. The predicted octanol–water partition coefficient (Wildman–Crippen LogP) is 2.08. The van der Waals surface area contributed by atoms with E-state index in [1.807, 2.05) is 36.7 Å². The van der Waals surface area contributed by atoms with E-state index in [0.29, 0.717) is 25.2 Å². The Balaban J connectivity index is 0.00000140. The van der Waals surface area contributed by atoms with Gasteiger partial charge in [-0.25, -0.2) is 0 Å². The summed E-state index contributed by atoms with van der Waals surface area (Å²) in [5.74, 6) is 0.478. The van der Waals surface area contributed by atoms with Crippen molar-refractivity contribution in [1.82, 2.24) is 29.9 Å². The van der Waals surface area contributed by atoms with Crippen LogP contribution in [0.4, 0.5) is 5.82 Å². The van der Waals surface area contributed by atoms with E-state index in [4.69, 9.17) is 0 Å². The lowest BCUT2D eigenvalue weighted by atomic mass is 9.87. The molecule has 2 N–H and O–H groups in total. The van der Waals surface area contributed by atoms with E-state index in [1.54, 1.807) is 28.0 Å². The molecule has 4 heterocycles. The second-order valence-electron chi connectivity index (χ2n) is 6.44. The molecular weight excluding hydrogens is 401 g/mol. The summed E-state index contributed by atoms with van der Waals surface area (Å²) in [7, 11) is 0. The maximum absolute atomic E-state index is 13.1. The Kier molecular flexibility index (Phi) is 7.56. The molecule has 0 spiro atoms. The first kappa shape index (κ1) is 21.9. The molecule has 0 aliphatic carbocycles. The summed E-state index contributed by atoms with van der Waals surface area (Å²) in [5.41, 5.74) is 0.427. The van der Waals surface area contributed by atoms with E-state index >= 15 is 0 Å². The molecule has 150 valence electrons. The van der Waals surface area contributed by atoms with Crippen molar-refractivity contribution < 1.29 is 4.79 Å². The van der Waals surface area contributed by atoms with E-state index in [2.05, 4.69) is 25.8 Å². The molecule has 1 aliphatic rings. The first-order valence-corrected chi connectivity index (χ1v) is 8.71. The Bertz CT molecular complexity index is 861. The first-order valence-electron chi connectivity index (χ1n) is 8.71. The normalized spacial score (nSPS) is 15.1. The Labute approximate surface area is 175 Å². The molecule has 4 rings (SSSR count). The highest BCUT2D eigenvalue weighted by Gasteiger charge is 2.42. The van der Waals surface area contributed by atoms with E-state index in [9.17, 15) is 4.79 Å². The molecule has 28 heavy (non-hydrogen) atoms. The van der Waals surface area contributed by atoms with Gasteiger partial charge in [-0.1, -0.05) is 0 Å². The van der Waals surface area contributed by atoms with Crippen LogP contribution in [-0.2, 0) is 16.9 Å². The van der Waals surface area contributed by atoms with Gasteiger partial charge >= 0.3 is 0 Å². The van der Waals surface area contributed by atoms with Crippen molar-refractivity contribution in [1.29, 1.82) is 0 Å². The summed E-state index contributed by atoms with van der Waals surface area (Å²) < 4.78 is 3.57. The van der Waals surface area contributed by atoms with Gasteiger partial charge in [-0.15, -0.1) is 24.8 Å². The van der Waals surface area contributed by atoms with Gasteiger partial charge in [0.15, 0.2) is 5.82 Å². The minimum atomic E-state index is -0.677. The summed E-state index contributed by atoms with van der Waals surface area (Å²) in [6.07, 6.45) is 10.3. The van der Waals surface area contributed by atoms with Crippen molar-refractivity contribution in [2.45, 2.75) is 24.9 Å². The Morgan fingerprint density at radius 1 is 1.11 bits per heavy atom. The molecule has 0 saturated carbocycles. The number of carbonyl (C=O) groups is 1. The number of piperidine rings is 1. The van der Waals surface area contributed by atoms with E-state index < -0.39 is 5.54 Å². The monoisotopic (exact) mass is 423 g/mol. The summed E-state index contributed by atoms with van der Waals surface area (Å²) in [6.45, 7) is 2.19. The van der Waals surface area contributed by atoms with Crippen molar-refractivity contribution in [3.8, 4) is 0 Å². The third-order valence-electron chi connectivity index (χ3n) is 4.77. The van der Waals surface area contributed by atoms with Gasteiger partial charge in [0, 0.05) is 37.1 Å². The average molecular weight is 424 g/mol. The summed E-state index contributed by atoms with van der Waals surface area (Å²) >= 11 is 0. The SMILES string of the molecule is Cl.Cl.O=C(Nc1ccn(Cc2ccncc2)n1)C1(n2cccn2)CCNCC1. The Hall–Kier alpha value is -2.42. The number of nitrogens with zero attached hydrogens (tertiary/aromatic N) is 5. The van der Waals surface area contributed by atoms with Gasteiger partial charge in [-0.2, -0.15) is 10.2 Å². The molecule has 8 nitrogen and oxygen atoms in total. The maximum Gasteiger partial charge on any atom is 0.253 e. The van der Waals surface area contributed by atoms with Crippen LogP contribution in [0.2, 0.25) is 0 Å². The Morgan fingerprint density at radius 3 is 2.54 bits per heavy atom. The van der Waals surface area contributed by atoms with Gasteiger partial charge < -0.3 is 10.6 Å². The fourth-order valence-corrected chi connectivity index (χ4v) is 3.35. The van der Waals surface area contributed by atoms with Gasteiger partial charge in [0.05, 0.1) is 6.54 Å². The second-order valence-corrected chi connectivity index (χ2v) is 6.44. The molecule has 3 aromatic heterocycles. The van der Waals surface area contributed by atoms with Crippen LogP contribution in [0.3, 0.4) is 0 Å². The lowest BCUT2D eigenvalue weighted by Crippen LogP contribution is -2.52. The number of pyridine rings is 1. The second kappa shape index (κ2) is 9.68. The number of amides is 1. The third kappa shape index (κ3) is 4.52. The van der Waals surface area contributed by atoms with Crippen molar-refractivity contribution in [3.05, 3.63) is 60.8 Å². The summed E-state index contributed by atoms with van der Waals surface area (Å²) in [4.78, 5) is 17.1. The summed E-state index contributed by atoms with van der Waals surface area (Å²) in [6, 6.07) is 7.56. The number of carbonyl (C=O) groups excluding carboxylic acids is 1. The maximum atomic E-state index is 13.1. The molecule has 0 bridgehead atoms. The van der Waals surface area contributed by atoms with Crippen molar-refractivity contribution in [2.75, 3.05) is 18.4 Å². The van der Waals surface area contributed by atoms with E-state index in [1.165, 1.54) is 0 Å². The lowest BCUT2D eigenvalue weighted by Gasteiger charge is -2.36. The first-order chi connectivity index (χ1) is 12.8. The molecule has 1 saturated heterocycles. The van der Waals surface area contributed by atoms with E-state index in [-0.39, 0.29) is 30.7 Å². The van der Waals surface area contributed by atoms with Crippen molar-refractivity contribution in [3.63, 3.8) is 0 Å². The van der Waals surface area contributed by atoms with Crippen LogP contribution in [0.25, 0.3) is 0 Å². The molecular formula is C18H23Cl2N7O. The zero-order valence-electron chi connectivity index (χ0n) is 15.2. The number of hydrogen-bond donors (Lipinski definition) is 2. The summed E-state index contributed by atoms with van der Waals surface area (Å²) in [5, 5.41) is 15.1. The zero-order valence-corrected chi connectivity index (χ0v) is 16.8. The molecule has 10 heteroatoms. The molecule has 0 unspecified atom stereocenters. The highest BCUT2D eigenvalue weighted by atomic mass is 35.5. The van der Waals surface area contributed by atoms with Crippen LogP contribution in [0.15, 0.2) is 55.2 Å². The van der Waals surface area contributed by atoms with Crippen LogP contribution in [0.5, 0.6) is 0 Å². The third-order valence-corrected chi connectivity index (χ3v) is 4.77. The highest BCUT2D eigenvalue weighted by molar-refractivity contribution is 5.96. The minimum Gasteiger partial charge on any atom is -0.317 e. The molecule has 0 aromatic carbocycles. The van der Waals surface area contributed by atoms with Crippen LogP contribution in [-0.4, -0.2) is 43.5 Å². The molecule has 0 radical (unpaired) electrons. The van der Waals surface area contributed by atoms with Crippen LogP contribution >= 0.6 is 24.8 Å². The van der Waals surface area contributed by atoms with E-state index in [0.717, 1.165) is 18.7 Å². The topological polar surface area (TPSA) is 89.7 Å². The van der Waals surface area contributed by atoms with Gasteiger partial charge in [0.25, 0.3) is 5.91 Å². The Morgan fingerprint density at radius 2 is 1.86 bits per heavy atom. The van der Waals surface area contributed by atoms with Crippen molar-refractivity contribution >= 4 is 36.5 Å². The number of nitrogens with one attached hydrogen (secondary N) is 2. The van der Waals surface area contributed by atoms with Gasteiger partial charge in [0.1, 0.15) is 5.54 Å². The highest BCUT2D eigenvalue weighted by Crippen LogP contribution is 2.28. The van der Waals surface area contributed by atoms with Crippen molar-refractivity contribution in [2.24, 2.45) is 0 Å². The van der Waals surface area contributed by atoms with Gasteiger partial charge in [-0.3, -0.25) is 19.1 Å². The molecule has 1 amide bonds. The number of hydrogen-bond acceptors (Lipinski definition) is 5. The minimum absolute atomic E-state index is 0. The fourth-order valence-electron chi connectivity index (χ4n) is 3.35. The number of halogens is 2. The predicted molar refractivity (Wildman–Crippen MR) is 111 cm³/mol. The lowest BCUT2D eigenvalue weighted by molar-refractivity contribution is -0.126. The quantitative estimate of drug-likeness (QED) is 0.655. The van der Waals surface area contributed by atoms with Crippen LogP contribution in [0.1, 0.15) is 18.4 Å². The number of rotatable bonds is 5. The van der Waals surface area contributed by atoms with Crippen LogP contribution < -0.4 is 10.6 Å². The smallest absolute Gasteiger partial charge is 0.253 e. The number of anilines is 1. The molecule has 0 atom stereocenters. The zero-order chi connectivity index (χ0) is 17.8.